The number of rotatable bonds is 6. The Morgan fingerprint density at radius 1 is 0.971 bits per heavy atom. The molecule has 1 aliphatic heterocycles. The van der Waals surface area contributed by atoms with E-state index in [0.717, 1.165) is 17.5 Å². The predicted molar refractivity (Wildman–Crippen MR) is 136 cm³/mol. The molecule has 0 aromatic heterocycles. The number of hydrogen-bond donors (Lipinski definition) is 1. The lowest BCUT2D eigenvalue weighted by Crippen LogP contribution is -2.49. The van der Waals surface area contributed by atoms with Crippen LogP contribution in [-0.2, 0) is 6.54 Å². The summed E-state index contributed by atoms with van der Waals surface area (Å²) in [7, 11) is 0. The number of nitro benzene ring substituents is 1. The van der Waals surface area contributed by atoms with Crippen LogP contribution >= 0.6 is 0 Å². The third-order valence-electron chi connectivity index (χ3n) is 6.16. The highest BCUT2D eigenvalue weighted by Crippen LogP contribution is 2.31. The lowest BCUT2D eigenvalue weighted by Gasteiger charge is -2.36. The zero-order valence-corrected chi connectivity index (χ0v) is 20.1. The number of carbonyl (C=O) groups excluding carboxylic acids is 2. The van der Waals surface area contributed by atoms with Crippen molar-refractivity contribution in [2.24, 2.45) is 0 Å². The Bertz CT molecular complexity index is 1290. The fourth-order valence-electron chi connectivity index (χ4n) is 4.19. The molecule has 1 aliphatic rings. The van der Waals surface area contributed by atoms with E-state index in [9.17, 15) is 19.7 Å². The minimum Gasteiger partial charge on any atom is -0.320 e. The fraction of sp³-hybridized carbons (Fsp3) is 0.259. The van der Waals surface area contributed by atoms with Crippen molar-refractivity contribution in [3.05, 3.63) is 98.6 Å². The predicted octanol–water partition coefficient (Wildman–Crippen LogP) is 5.60. The van der Waals surface area contributed by atoms with Crippen LogP contribution in [0.3, 0.4) is 0 Å². The van der Waals surface area contributed by atoms with Gasteiger partial charge in [0.25, 0.3) is 11.6 Å². The Morgan fingerprint density at radius 3 is 2.40 bits per heavy atom. The summed E-state index contributed by atoms with van der Waals surface area (Å²) in [5.41, 5.74) is 4.78. The number of aryl methyl sites for hydroxylation is 3. The molecule has 0 atom stereocenters. The van der Waals surface area contributed by atoms with Crippen molar-refractivity contribution in [3.63, 3.8) is 0 Å². The van der Waals surface area contributed by atoms with Crippen LogP contribution in [0, 0.1) is 30.9 Å². The number of nitro groups is 1. The highest BCUT2D eigenvalue weighted by Gasteiger charge is 2.29. The van der Waals surface area contributed by atoms with Crippen molar-refractivity contribution in [2.45, 2.75) is 33.7 Å². The summed E-state index contributed by atoms with van der Waals surface area (Å²) in [4.78, 5) is 40.7. The average Bonchev–Trinajstić information content (AvgIpc) is 2.82. The summed E-state index contributed by atoms with van der Waals surface area (Å²) in [5, 5.41) is 14.2. The highest BCUT2D eigenvalue weighted by atomic mass is 16.6. The molecule has 0 saturated carbocycles. The molecule has 3 amide bonds. The minimum absolute atomic E-state index is 0.111. The van der Waals surface area contributed by atoms with Gasteiger partial charge in [-0.3, -0.25) is 19.8 Å². The second-order valence-electron chi connectivity index (χ2n) is 8.93. The number of nitrogens with zero attached hydrogens (tertiary/aromatic N) is 3. The molecular formula is C27H28N4O4. The van der Waals surface area contributed by atoms with Crippen molar-refractivity contribution < 1.29 is 14.5 Å². The summed E-state index contributed by atoms with van der Waals surface area (Å²) in [6.07, 6.45) is 0.795. The lowest BCUT2D eigenvalue weighted by atomic mass is 10.1. The van der Waals surface area contributed by atoms with Crippen LogP contribution in [0.15, 0.2) is 60.7 Å². The quantitative estimate of drug-likeness (QED) is 0.373. The van der Waals surface area contributed by atoms with Crippen molar-refractivity contribution in [3.8, 4) is 0 Å². The summed E-state index contributed by atoms with van der Waals surface area (Å²) in [6.45, 7) is 7.26. The van der Waals surface area contributed by atoms with E-state index >= 15 is 0 Å². The first-order valence-corrected chi connectivity index (χ1v) is 11.5. The van der Waals surface area contributed by atoms with Crippen molar-refractivity contribution in [2.75, 3.05) is 23.3 Å². The second kappa shape index (κ2) is 9.97. The van der Waals surface area contributed by atoms with Gasteiger partial charge in [-0.1, -0.05) is 42.0 Å². The van der Waals surface area contributed by atoms with Gasteiger partial charge in [-0.15, -0.1) is 0 Å². The molecule has 3 aromatic carbocycles. The monoisotopic (exact) mass is 472 g/mol. The van der Waals surface area contributed by atoms with Gasteiger partial charge >= 0.3 is 6.03 Å². The number of urea groups is 1. The zero-order valence-electron chi connectivity index (χ0n) is 20.1. The highest BCUT2D eigenvalue weighted by molar-refractivity contribution is 6.08. The van der Waals surface area contributed by atoms with Gasteiger partial charge in [-0.2, -0.15) is 0 Å². The SMILES string of the molecule is Cc1ccc(CN2CCCN(c3ccc(C)cc3NC(=O)c3ccc(C)c([N+](=O)[O-])c3)C2=O)cc1. The molecule has 0 spiro atoms. The molecule has 0 radical (unpaired) electrons. The Labute approximate surface area is 204 Å². The van der Waals surface area contributed by atoms with E-state index < -0.39 is 10.8 Å². The number of anilines is 2. The average molecular weight is 473 g/mol. The lowest BCUT2D eigenvalue weighted by molar-refractivity contribution is -0.385. The Hall–Kier alpha value is -4.20. The number of benzene rings is 3. The van der Waals surface area contributed by atoms with Crippen LogP contribution in [0.5, 0.6) is 0 Å². The molecule has 1 saturated heterocycles. The van der Waals surface area contributed by atoms with Gasteiger partial charge < -0.3 is 10.2 Å². The normalized spacial score (nSPS) is 13.6. The van der Waals surface area contributed by atoms with Gasteiger partial charge in [0, 0.05) is 36.8 Å². The molecular weight excluding hydrogens is 444 g/mol. The van der Waals surface area contributed by atoms with E-state index in [2.05, 4.69) is 5.32 Å². The van der Waals surface area contributed by atoms with E-state index in [1.807, 2.05) is 61.2 Å². The van der Waals surface area contributed by atoms with Crippen LogP contribution in [0.1, 0.15) is 39.0 Å². The van der Waals surface area contributed by atoms with Crippen LogP contribution in [0.2, 0.25) is 0 Å². The molecule has 1 fully saturated rings. The molecule has 180 valence electrons. The first kappa shape index (κ1) is 23.9. The van der Waals surface area contributed by atoms with E-state index in [4.69, 9.17) is 0 Å². The molecule has 0 bridgehead atoms. The van der Waals surface area contributed by atoms with E-state index in [1.165, 1.54) is 11.6 Å². The van der Waals surface area contributed by atoms with E-state index in [-0.39, 0.29) is 17.3 Å². The molecule has 1 N–H and O–H groups in total. The maximum absolute atomic E-state index is 13.4. The molecule has 8 heteroatoms. The molecule has 8 nitrogen and oxygen atoms in total. The van der Waals surface area contributed by atoms with Crippen molar-refractivity contribution in [1.82, 2.24) is 4.90 Å². The first-order valence-electron chi connectivity index (χ1n) is 11.5. The summed E-state index contributed by atoms with van der Waals surface area (Å²) in [6, 6.07) is 17.9. The topological polar surface area (TPSA) is 95.8 Å². The zero-order chi connectivity index (χ0) is 25.1. The van der Waals surface area contributed by atoms with Gasteiger partial charge in [0.05, 0.1) is 16.3 Å². The number of amides is 3. The number of hydrogen-bond acceptors (Lipinski definition) is 4. The molecule has 4 rings (SSSR count). The van der Waals surface area contributed by atoms with Crippen LogP contribution in [-0.4, -0.2) is 34.9 Å². The third-order valence-corrected chi connectivity index (χ3v) is 6.16. The second-order valence-corrected chi connectivity index (χ2v) is 8.93. The Kier molecular flexibility index (Phi) is 6.82. The molecule has 0 unspecified atom stereocenters. The van der Waals surface area contributed by atoms with Crippen molar-refractivity contribution >= 4 is 29.0 Å². The fourth-order valence-corrected chi connectivity index (χ4v) is 4.19. The molecule has 35 heavy (non-hydrogen) atoms. The van der Waals surface area contributed by atoms with Gasteiger partial charge in [-0.05, 0) is 56.5 Å². The maximum atomic E-state index is 13.4. The summed E-state index contributed by atoms with van der Waals surface area (Å²) in [5.74, 6) is -0.471. The summed E-state index contributed by atoms with van der Waals surface area (Å²) >= 11 is 0. The van der Waals surface area contributed by atoms with E-state index in [1.54, 1.807) is 24.0 Å². The molecule has 1 heterocycles. The van der Waals surface area contributed by atoms with Crippen LogP contribution in [0.25, 0.3) is 0 Å². The number of carbonyl (C=O) groups is 2. The van der Waals surface area contributed by atoms with E-state index in [0.29, 0.717) is 36.6 Å². The first-order chi connectivity index (χ1) is 16.7. The smallest absolute Gasteiger partial charge is 0.320 e. The van der Waals surface area contributed by atoms with Crippen LogP contribution < -0.4 is 10.2 Å². The van der Waals surface area contributed by atoms with Gasteiger partial charge in [0.1, 0.15) is 0 Å². The Balaban J connectivity index is 1.59. The van der Waals surface area contributed by atoms with Gasteiger partial charge in [-0.25, -0.2) is 4.79 Å². The van der Waals surface area contributed by atoms with Crippen LogP contribution in [0.4, 0.5) is 21.9 Å². The number of nitrogens with one attached hydrogen (secondary N) is 1. The van der Waals surface area contributed by atoms with Gasteiger partial charge in [0.15, 0.2) is 0 Å². The summed E-state index contributed by atoms with van der Waals surface area (Å²) < 4.78 is 0. The van der Waals surface area contributed by atoms with Gasteiger partial charge in [0.2, 0.25) is 0 Å². The van der Waals surface area contributed by atoms with Crippen molar-refractivity contribution in [1.29, 1.82) is 0 Å². The molecule has 3 aromatic rings. The molecule has 0 aliphatic carbocycles. The standard InChI is InChI=1S/C27H28N4O4/c1-18-5-9-21(10-6-18)17-29-13-4-14-30(27(29)33)24-12-7-19(2)15-23(24)28-26(32)22-11-8-20(3)25(16-22)31(34)35/h5-12,15-16H,4,13-14,17H2,1-3H3,(H,28,32). The largest absolute Gasteiger partial charge is 0.324 e. The maximum Gasteiger partial charge on any atom is 0.324 e. The Morgan fingerprint density at radius 2 is 1.69 bits per heavy atom. The third kappa shape index (κ3) is 5.32. The minimum atomic E-state index is -0.501.